The predicted molar refractivity (Wildman–Crippen MR) is 129 cm³/mol. The lowest BCUT2D eigenvalue weighted by molar-refractivity contribution is -0.139. The fraction of sp³-hybridized carbons (Fsp3) is 0.407. The first-order valence-electron chi connectivity index (χ1n) is 12.2. The quantitative estimate of drug-likeness (QED) is 0.596. The van der Waals surface area contributed by atoms with E-state index in [0.717, 1.165) is 72.2 Å². The number of carbonyl (C=O) groups is 2. The van der Waals surface area contributed by atoms with E-state index in [-0.39, 0.29) is 11.8 Å². The molecule has 1 saturated heterocycles. The highest BCUT2D eigenvalue weighted by Crippen LogP contribution is 2.46. The van der Waals surface area contributed by atoms with Gasteiger partial charge in [-0.3, -0.25) is 24.2 Å². The third kappa shape index (κ3) is 3.02. The lowest BCUT2D eigenvalue weighted by Gasteiger charge is -2.41. The largest absolute Gasteiger partial charge is 0.342 e. The topological polar surface area (TPSA) is 70.8 Å². The zero-order valence-corrected chi connectivity index (χ0v) is 19.3. The molecule has 3 fully saturated rings. The highest BCUT2D eigenvalue weighted by molar-refractivity contribution is 6.16. The van der Waals surface area contributed by atoms with Gasteiger partial charge in [0.25, 0.3) is 5.91 Å². The molecule has 4 aliphatic rings. The van der Waals surface area contributed by atoms with Crippen LogP contribution in [0.5, 0.6) is 0 Å². The molecule has 2 aliphatic carbocycles. The number of aromatic nitrogens is 2. The van der Waals surface area contributed by atoms with Gasteiger partial charge >= 0.3 is 0 Å². The minimum atomic E-state index is -0.525. The Balaban J connectivity index is 1.13. The summed E-state index contributed by atoms with van der Waals surface area (Å²) in [5.41, 5.74) is 3.82. The fourth-order valence-electron chi connectivity index (χ4n) is 5.43. The van der Waals surface area contributed by atoms with Crippen LogP contribution in [0.4, 0.5) is 0 Å². The fourth-order valence-corrected chi connectivity index (χ4v) is 5.43. The second kappa shape index (κ2) is 7.01. The Hall–Kier alpha value is -3.48. The van der Waals surface area contributed by atoms with E-state index < -0.39 is 5.54 Å². The number of nitrogens with zero attached hydrogens (tertiary/aromatic N) is 5. The van der Waals surface area contributed by atoms with Crippen molar-refractivity contribution < 1.29 is 9.59 Å². The summed E-state index contributed by atoms with van der Waals surface area (Å²) in [6, 6.07) is 14.6. The monoisotopic (exact) mass is 453 g/mol. The minimum Gasteiger partial charge on any atom is -0.342 e. The molecule has 2 saturated carbocycles. The number of amides is 2. The van der Waals surface area contributed by atoms with Gasteiger partial charge in [-0.2, -0.15) is 5.10 Å². The third-order valence-electron chi connectivity index (χ3n) is 7.82. The molecule has 0 radical (unpaired) electrons. The Morgan fingerprint density at radius 1 is 1.06 bits per heavy atom. The van der Waals surface area contributed by atoms with Crippen LogP contribution in [0.3, 0.4) is 0 Å². The van der Waals surface area contributed by atoms with Gasteiger partial charge in [-0.1, -0.05) is 36.4 Å². The van der Waals surface area contributed by atoms with Gasteiger partial charge in [-0.15, -0.1) is 0 Å². The molecule has 1 spiro atoms. The van der Waals surface area contributed by atoms with Gasteiger partial charge in [0.05, 0.1) is 11.7 Å². The molecule has 2 aliphatic heterocycles. The summed E-state index contributed by atoms with van der Waals surface area (Å²) in [5, 5.41) is 5.53. The van der Waals surface area contributed by atoms with Crippen LogP contribution in [0.25, 0.3) is 22.0 Å². The van der Waals surface area contributed by atoms with Crippen molar-refractivity contribution in [1.29, 1.82) is 0 Å². The standard InChI is InChI=1S/C27H27N5O2/c1-30-23-4-2-3-21(22(23)13-28-30)18-5-7-19(8-6-18)24-29-27(11-12-27)26(34)32(24)16-17-14-31(15-17)25(33)20-9-10-20/h2-8,13,17,20H,9-12,14-16H2,1H3. The number of hydrogen-bond donors (Lipinski definition) is 0. The maximum atomic E-state index is 13.2. The zero-order chi connectivity index (χ0) is 23.0. The van der Waals surface area contributed by atoms with Crippen LogP contribution >= 0.6 is 0 Å². The normalized spacial score (nSPS) is 21.3. The molecule has 0 atom stereocenters. The van der Waals surface area contributed by atoms with Gasteiger partial charge in [-0.25, -0.2) is 0 Å². The van der Waals surface area contributed by atoms with Gasteiger partial charge in [0.1, 0.15) is 11.4 Å². The number of rotatable bonds is 5. The van der Waals surface area contributed by atoms with E-state index in [2.05, 4.69) is 47.6 Å². The predicted octanol–water partition coefficient (Wildman–Crippen LogP) is 3.23. The molecule has 34 heavy (non-hydrogen) atoms. The lowest BCUT2D eigenvalue weighted by Crippen LogP contribution is -2.55. The van der Waals surface area contributed by atoms with Gasteiger partial charge in [0.15, 0.2) is 0 Å². The van der Waals surface area contributed by atoms with Crippen LogP contribution < -0.4 is 0 Å². The van der Waals surface area contributed by atoms with Crippen molar-refractivity contribution >= 4 is 28.6 Å². The number of hydrogen-bond acceptors (Lipinski definition) is 4. The van der Waals surface area contributed by atoms with Crippen molar-refractivity contribution in [2.24, 2.45) is 23.9 Å². The van der Waals surface area contributed by atoms with Gasteiger partial charge in [0.2, 0.25) is 5.91 Å². The van der Waals surface area contributed by atoms with Gasteiger partial charge in [0, 0.05) is 49.5 Å². The van der Waals surface area contributed by atoms with Crippen LogP contribution in [-0.2, 0) is 16.6 Å². The Kier molecular flexibility index (Phi) is 4.11. The van der Waals surface area contributed by atoms with Gasteiger partial charge in [-0.05, 0) is 42.9 Å². The van der Waals surface area contributed by atoms with Crippen molar-refractivity contribution in [2.45, 2.75) is 31.2 Å². The van der Waals surface area contributed by atoms with Crippen molar-refractivity contribution in [2.75, 3.05) is 19.6 Å². The average molecular weight is 454 g/mol. The number of carbonyl (C=O) groups excluding carboxylic acids is 2. The maximum absolute atomic E-state index is 13.2. The molecule has 0 N–H and O–H groups in total. The molecule has 1 aromatic heterocycles. The van der Waals surface area contributed by atoms with E-state index in [0.29, 0.717) is 18.4 Å². The molecule has 0 unspecified atom stereocenters. The number of aryl methyl sites for hydroxylation is 1. The molecular formula is C27H27N5O2. The van der Waals surface area contributed by atoms with Crippen molar-refractivity contribution in [3.05, 3.63) is 54.2 Å². The second-order valence-corrected chi connectivity index (χ2v) is 10.4. The smallest absolute Gasteiger partial charge is 0.256 e. The van der Waals surface area contributed by atoms with Crippen LogP contribution in [-0.4, -0.2) is 62.4 Å². The first-order chi connectivity index (χ1) is 16.5. The van der Waals surface area contributed by atoms with E-state index >= 15 is 0 Å². The molecule has 7 rings (SSSR count). The van der Waals surface area contributed by atoms with Crippen LogP contribution in [0, 0.1) is 11.8 Å². The highest BCUT2D eigenvalue weighted by Gasteiger charge is 2.57. The Morgan fingerprint density at radius 3 is 2.50 bits per heavy atom. The molecular weight excluding hydrogens is 426 g/mol. The molecule has 2 amide bonds. The van der Waals surface area contributed by atoms with E-state index in [1.54, 1.807) is 0 Å². The summed E-state index contributed by atoms with van der Waals surface area (Å²) >= 11 is 0. The van der Waals surface area contributed by atoms with Crippen molar-refractivity contribution in [3.8, 4) is 11.1 Å². The summed E-state index contributed by atoms with van der Waals surface area (Å²) in [6.07, 6.45) is 5.66. The Morgan fingerprint density at radius 2 is 1.79 bits per heavy atom. The zero-order valence-electron chi connectivity index (χ0n) is 19.3. The summed E-state index contributed by atoms with van der Waals surface area (Å²) in [5.74, 6) is 1.82. The summed E-state index contributed by atoms with van der Waals surface area (Å²) < 4.78 is 1.89. The summed E-state index contributed by atoms with van der Waals surface area (Å²) in [6.45, 7) is 2.16. The molecule has 0 bridgehead atoms. The van der Waals surface area contributed by atoms with E-state index in [9.17, 15) is 9.59 Å². The maximum Gasteiger partial charge on any atom is 0.256 e. The average Bonchev–Trinajstić information content (AvgIpc) is 3.75. The summed E-state index contributed by atoms with van der Waals surface area (Å²) in [7, 11) is 1.95. The molecule has 2 aromatic carbocycles. The van der Waals surface area contributed by atoms with E-state index in [1.165, 1.54) is 0 Å². The van der Waals surface area contributed by atoms with Crippen LogP contribution in [0.2, 0.25) is 0 Å². The van der Waals surface area contributed by atoms with E-state index in [1.807, 2.05) is 27.7 Å². The number of benzene rings is 2. The SMILES string of the molecule is Cn1ncc2c(-c3ccc(C4=NC5(CC5)C(=O)N4CC4CN(C(=O)C5CC5)C4)cc3)cccc21. The lowest BCUT2D eigenvalue weighted by atomic mass is 9.97. The van der Waals surface area contributed by atoms with E-state index in [4.69, 9.17) is 4.99 Å². The number of amidine groups is 1. The van der Waals surface area contributed by atoms with Crippen LogP contribution in [0.15, 0.2) is 53.7 Å². The summed E-state index contributed by atoms with van der Waals surface area (Å²) in [4.78, 5) is 34.3. The highest BCUT2D eigenvalue weighted by atomic mass is 16.2. The second-order valence-electron chi connectivity index (χ2n) is 10.4. The first-order valence-corrected chi connectivity index (χ1v) is 12.2. The molecule has 3 aromatic rings. The van der Waals surface area contributed by atoms with Crippen molar-refractivity contribution in [3.63, 3.8) is 0 Å². The molecule has 7 nitrogen and oxygen atoms in total. The molecule has 7 heteroatoms. The number of aliphatic imine (C=N–C) groups is 1. The third-order valence-corrected chi connectivity index (χ3v) is 7.82. The minimum absolute atomic E-state index is 0.138. The first kappa shape index (κ1) is 19.9. The number of fused-ring (bicyclic) bond motifs is 1. The van der Waals surface area contributed by atoms with Gasteiger partial charge < -0.3 is 4.90 Å². The van der Waals surface area contributed by atoms with Crippen molar-refractivity contribution in [1.82, 2.24) is 19.6 Å². The Bertz CT molecular complexity index is 1360. The van der Waals surface area contributed by atoms with Crippen LogP contribution in [0.1, 0.15) is 31.2 Å². The molecule has 3 heterocycles. The number of likely N-dealkylation sites (tertiary alicyclic amines) is 1. The molecule has 172 valence electrons. The Labute approximate surface area is 198 Å².